The molecule has 4 atom stereocenters. The number of carbonyl (C=O) groups is 2. The lowest BCUT2D eigenvalue weighted by Crippen LogP contribution is -2.43. The van der Waals surface area contributed by atoms with Crippen LogP contribution >= 0.6 is 22.9 Å². The number of pyridine rings is 1. The number of benzene rings is 1. The van der Waals surface area contributed by atoms with Crippen molar-refractivity contribution in [2.24, 2.45) is 11.8 Å². The average molecular weight is 508 g/mol. The lowest BCUT2D eigenvalue weighted by atomic mass is 9.92. The van der Waals surface area contributed by atoms with Gasteiger partial charge in [0.1, 0.15) is 0 Å². The molecule has 7 heteroatoms. The maximum absolute atomic E-state index is 12.5. The molecule has 2 amide bonds. The Morgan fingerprint density at radius 1 is 1.03 bits per heavy atom. The molecule has 2 aliphatic heterocycles. The molecule has 0 bridgehead atoms. The van der Waals surface area contributed by atoms with E-state index < -0.39 is 0 Å². The third-order valence-corrected chi connectivity index (χ3v) is 9.54. The van der Waals surface area contributed by atoms with Crippen LogP contribution in [-0.4, -0.2) is 38.7 Å². The highest BCUT2D eigenvalue weighted by atomic mass is 35.5. The summed E-state index contributed by atoms with van der Waals surface area (Å²) in [4.78, 5) is 34.7. The maximum atomic E-state index is 12.5. The average Bonchev–Trinajstić information content (AvgIpc) is 3.45. The van der Waals surface area contributed by atoms with Crippen molar-refractivity contribution in [3.05, 3.63) is 51.5 Å². The number of rotatable bonds is 5. The Morgan fingerprint density at radius 2 is 1.74 bits per heavy atom. The summed E-state index contributed by atoms with van der Waals surface area (Å²) in [6.07, 6.45) is 6.34. The number of carbonyl (C=O) groups excluding carboxylic acids is 2. The van der Waals surface area contributed by atoms with Crippen LogP contribution in [0.5, 0.6) is 0 Å². The predicted octanol–water partition coefficient (Wildman–Crippen LogP) is 6.19. The highest BCUT2D eigenvalue weighted by Crippen LogP contribution is 2.48. The van der Waals surface area contributed by atoms with Gasteiger partial charge in [-0.05, 0) is 81.0 Å². The molecule has 3 aromatic rings. The second-order valence-corrected chi connectivity index (χ2v) is 12.1. The van der Waals surface area contributed by atoms with Crippen LogP contribution in [0.4, 0.5) is 0 Å². The number of imide groups is 1. The van der Waals surface area contributed by atoms with Crippen molar-refractivity contribution in [2.75, 3.05) is 0 Å². The van der Waals surface area contributed by atoms with Gasteiger partial charge in [-0.15, -0.1) is 11.3 Å². The Balaban J connectivity index is 1.39. The van der Waals surface area contributed by atoms with Gasteiger partial charge in [0.15, 0.2) is 0 Å². The molecule has 0 radical (unpaired) electrons. The quantitative estimate of drug-likeness (QED) is 0.386. The Morgan fingerprint density at radius 3 is 2.46 bits per heavy atom. The molecule has 6 rings (SSSR count). The summed E-state index contributed by atoms with van der Waals surface area (Å²) in [6, 6.07) is 9.34. The SMILES string of the molecule is Cc1cc(Cl)cc(-c2ccnc3cc(CN4C(=O)C5CC5C4=O)sc23)c1CN1[C@@H](C)CCC[C@@H]1C. The molecule has 4 heterocycles. The summed E-state index contributed by atoms with van der Waals surface area (Å²) in [5.41, 5.74) is 5.67. The molecule has 2 aromatic heterocycles. The van der Waals surface area contributed by atoms with E-state index in [1.54, 1.807) is 11.3 Å². The fourth-order valence-corrected chi connectivity index (χ4v) is 7.43. The van der Waals surface area contributed by atoms with Crippen LogP contribution in [0.15, 0.2) is 30.5 Å². The lowest BCUT2D eigenvalue weighted by molar-refractivity contribution is -0.141. The largest absolute Gasteiger partial charge is 0.294 e. The fourth-order valence-electron chi connectivity index (χ4n) is 6.03. The second kappa shape index (κ2) is 8.68. The van der Waals surface area contributed by atoms with Crippen molar-refractivity contribution in [3.63, 3.8) is 0 Å². The summed E-state index contributed by atoms with van der Waals surface area (Å²) >= 11 is 8.21. The first kappa shape index (κ1) is 23.1. The van der Waals surface area contributed by atoms with Gasteiger partial charge >= 0.3 is 0 Å². The summed E-state index contributed by atoms with van der Waals surface area (Å²) in [6.45, 7) is 8.05. The van der Waals surface area contributed by atoms with E-state index >= 15 is 0 Å². The first-order valence-electron chi connectivity index (χ1n) is 12.6. The molecular formula is C28H30ClN3O2S. The minimum atomic E-state index is -0.0675. The summed E-state index contributed by atoms with van der Waals surface area (Å²) in [5, 5.41) is 0.732. The van der Waals surface area contributed by atoms with Crippen molar-refractivity contribution in [1.82, 2.24) is 14.8 Å². The predicted molar refractivity (Wildman–Crippen MR) is 140 cm³/mol. The van der Waals surface area contributed by atoms with Crippen molar-refractivity contribution < 1.29 is 9.59 Å². The summed E-state index contributed by atoms with van der Waals surface area (Å²) in [5.74, 6) is -0.157. The Labute approximate surface area is 215 Å². The number of thiophene rings is 1. The van der Waals surface area contributed by atoms with Crippen LogP contribution in [0, 0.1) is 18.8 Å². The molecule has 2 unspecified atom stereocenters. The number of piperidine rings is 2. The lowest BCUT2D eigenvalue weighted by Gasteiger charge is -2.39. The highest BCUT2D eigenvalue weighted by Gasteiger charge is 2.58. The minimum absolute atomic E-state index is 0.0110. The van der Waals surface area contributed by atoms with E-state index in [1.807, 2.05) is 12.3 Å². The molecule has 1 aliphatic carbocycles. The molecule has 3 aliphatic rings. The van der Waals surface area contributed by atoms with Gasteiger partial charge in [-0.25, -0.2) is 0 Å². The van der Waals surface area contributed by atoms with E-state index in [4.69, 9.17) is 11.6 Å². The van der Waals surface area contributed by atoms with E-state index in [2.05, 4.69) is 48.9 Å². The zero-order chi connectivity index (χ0) is 24.4. The van der Waals surface area contributed by atoms with Gasteiger partial charge in [-0.2, -0.15) is 0 Å². The Kier molecular flexibility index (Phi) is 5.74. The van der Waals surface area contributed by atoms with Crippen LogP contribution in [0.1, 0.15) is 55.5 Å². The monoisotopic (exact) mass is 507 g/mol. The Hall–Kier alpha value is -2.28. The fraction of sp³-hybridized carbons (Fsp3) is 0.464. The number of halogens is 1. The van der Waals surface area contributed by atoms with Crippen LogP contribution < -0.4 is 0 Å². The van der Waals surface area contributed by atoms with Crippen LogP contribution in [0.3, 0.4) is 0 Å². The van der Waals surface area contributed by atoms with Crippen LogP contribution in [0.2, 0.25) is 5.02 Å². The van der Waals surface area contributed by atoms with Crippen LogP contribution in [0.25, 0.3) is 21.3 Å². The second-order valence-electron chi connectivity index (χ2n) is 10.5. The number of hydrogen-bond donors (Lipinski definition) is 0. The van der Waals surface area contributed by atoms with Gasteiger partial charge in [0, 0.05) is 40.3 Å². The summed E-state index contributed by atoms with van der Waals surface area (Å²) < 4.78 is 1.08. The maximum Gasteiger partial charge on any atom is 0.233 e. The number of likely N-dealkylation sites (tertiary alicyclic amines) is 2. The zero-order valence-electron chi connectivity index (χ0n) is 20.4. The molecule has 0 N–H and O–H groups in total. The third kappa shape index (κ3) is 4.00. The van der Waals surface area contributed by atoms with E-state index in [0.29, 0.717) is 18.6 Å². The van der Waals surface area contributed by atoms with Gasteiger partial charge < -0.3 is 0 Å². The topological polar surface area (TPSA) is 53.5 Å². The van der Waals surface area contributed by atoms with Gasteiger partial charge in [0.2, 0.25) is 11.8 Å². The molecule has 3 fully saturated rings. The number of hydrogen-bond acceptors (Lipinski definition) is 5. The van der Waals surface area contributed by atoms with E-state index in [1.165, 1.54) is 35.3 Å². The number of fused-ring (bicyclic) bond motifs is 2. The standard InChI is InChI=1S/C28H30ClN3O2S/c1-15-9-18(29)10-21(24(15)14-31-16(2)5-4-6-17(31)3)20-7-8-30-25-11-19(35-26(20)25)13-32-27(33)22-12-23(22)28(32)34/h7-11,16-17,22-23H,4-6,12-14H2,1-3H3/t16-,17-,22?,23?/m0/s1. The first-order valence-corrected chi connectivity index (χ1v) is 13.8. The van der Waals surface area contributed by atoms with Crippen molar-refractivity contribution >= 4 is 45.0 Å². The minimum Gasteiger partial charge on any atom is -0.294 e. The highest BCUT2D eigenvalue weighted by molar-refractivity contribution is 7.19. The van der Waals surface area contributed by atoms with Crippen molar-refractivity contribution in [2.45, 2.75) is 71.6 Å². The van der Waals surface area contributed by atoms with Crippen molar-refractivity contribution in [1.29, 1.82) is 0 Å². The first-order chi connectivity index (χ1) is 16.8. The normalized spacial score (nSPS) is 26.6. The third-order valence-electron chi connectivity index (χ3n) is 8.18. The number of aryl methyl sites for hydroxylation is 1. The molecule has 1 saturated carbocycles. The number of amides is 2. The molecule has 2 saturated heterocycles. The molecule has 1 aromatic carbocycles. The molecule has 35 heavy (non-hydrogen) atoms. The van der Waals surface area contributed by atoms with Gasteiger partial charge in [-0.3, -0.25) is 24.4 Å². The van der Waals surface area contributed by atoms with E-state index in [0.717, 1.165) is 44.2 Å². The molecule has 0 spiro atoms. The van der Waals surface area contributed by atoms with E-state index in [-0.39, 0.29) is 23.7 Å². The van der Waals surface area contributed by atoms with Crippen molar-refractivity contribution in [3.8, 4) is 11.1 Å². The van der Waals surface area contributed by atoms with E-state index in [9.17, 15) is 9.59 Å². The smallest absolute Gasteiger partial charge is 0.233 e. The van der Waals surface area contributed by atoms with Crippen LogP contribution in [-0.2, 0) is 22.7 Å². The summed E-state index contributed by atoms with van der Waals surface area (Å²) in [7, 11) is 0. The number of nitrogens with zero attached hydrogens (tertiary/aromatic N) is 3. The number of aromatic nitrogens is 1. The Bertz CT molecular complexity index is 1320. The van der Waals surface area contributed by atoms with Gasteiger partial charge in [-0.1, -0.05) is 18.0 Å². The van der Waals surface area contributed by atoms with Gasteiger partial charge in [0.25, 0.3) is 0 Å². The zero-order valence-corrected chi connectivity index (χ0v) is 22.0. The molecule has 182 valence electrons. The molecule has 5 nitrogen and oxygen atoms in total. The molecular weight excluding hydrogens is 478 g/mol. The van der Waals surface area contributed by atoms with Gasteiger partial charge in [0.05, 0.1) is 28.6 Å².